The zero-order chi connectivity index (χ0) is 20.4. The summed E-state index contributed by atoms with van der Waals surface area (Å²) in [5, 5.41) is 6.59. The minimum atomic E-state index is 0. The van der Waals surface area contributed by atoms with Crippen LogP contribution in [0.5, 0.6) is 5.75 Å². The predicted octanol–water partition coefficient (Wildman–Crippen LogP) is 3.66. The van der Waals surface area contributed by atoms with E-state index in [9.17, 15) is 4.79 Å². The first-order valence-electron chi connectivity index (χ1n) is 9.50. The number of aliphatic imine (C=N–C) groups is 1. The molecule has 6 nitrogen and oxygen atoms in total. The van der Waals surface area contributed by atoms with E-state index in [1.165, 1.54) is 0 Å². The molecule has 0 saturated carbocycles. The van der Waals surface area contributed by atoms with Crippen LogP contribution in [0, 0.1) is 0 Å². The molecule has 0 saturated heterocycles. The van der Waals surface area contributed by atoms with E-state index in [2.05, 4.69) is 28.6 Å². The summed E-state index contributed by atoms with van der Waals surface area (Å²) in [6.07, 6.45) is 0.989. The highest BCUT2D eigenvalue weighted by molar-refractivity contribution is 14.0. The molecule has 2 rings (SSSR count). The fraction of sp³-hybridized carbons (Fsp3) is 0.364. The van der Waals surface area contributed by atoms with Crippen molar-refractivity contribution in [2.24, 2.45) is 4.99 Å². The molecule has 0 aliphatic carbocycles. The quantitative estimate of drug-likeness (QED) is 0.323. The van der Waals surface area contributed by atoms with Gasteiger partial charge in [-0.15, -0.1) is 24.0 Å². The van der Waals surface area contributed by atoms with Crippen molar-refractivity contribution < 1.29 is 9.53 Å². The van der Waals surface area contributed by atoms with Crippen molar-refractivity contribution in [3.63, 3.8) is 0 Å². The fourth-order valence-corrected chi connectivity index (χ4v) is 2.58. The third kappa shape index (κ3) is 8.31. The van der Waals surface area contributed by atoms with E-state index in [1.807, 2.05) is 42.5 Å². The molecule has 29 heavy (non-hydrogen) atoms. The minimum Gasteiger partial charge on any atom is -0.494 e. The topological polar surface area (TPSA) is 66.0 Å². The van der Waals surface area contributed by atoms with Crippen LogP contribution in [0.15, 0.2) is 53.5 Å². The lowest BCUT2D eigenvalue weighted by Gasteiger charge is -2.14. The largest absolute Gasteiger partial charge is 0.494 e. The first-order chi connectivity index (χ1) is 13.5. The zero-order valence-electron chi connectivity index (χ0n) is 17.6. The molecule has 0 bridgehead atoms. The summed E-state index contributed by atoms with van der Waals surface area (Å²) in [4.78, 5) is 17.8. The lowest BCUT2D eigenvalue weighted by Crippen LogP contribution is -2.36. The molecule has 0 aliphatic rings. The van der Waals surface area contributed by atoms with Crippen molar-refractivity contribution in [2.45, 2.75) is 26.4 Å². The summed E-state index contributed by atoms with van der Waals surface area (Å²) >= 11 is 0. The molecule has 0 unspecified atom stereocenters. The lowest BCUT2D eigenvalue weighted by molar-refractivity contribution is 0.0827. The molecule has 0 aromatic heterocycles. The molecule has 2 aromatic carbocycles. The van der Waals surface area contributed by atoms with Crippen molar-refractivity contribution in [1.29, 1.82) is 0 Å². The Hall–Kier alpha value is -2.29. The number of carbonyl (C=O) groups is 1. The number of guanidine groups is 1. The van der Waals surface area contributed by atoms with Crippen LogP contribution in [-0.4, -0.2) is 44.5 Å². The molecule has 0 radical (unpaired) electrons. The van der Waals surface area contributed by atoms with Crippen LogP contribution in [-0.2, 0) is 13.1 Å². The Morgan fingerprint density at radius 3 is 2.28 bits per heavy atom. The number of nitrogens with zero attached hydrogens (tertiary/aromatic N) is 2. The maximum atomic E-state index is 11.9. The average Bonchev–Trinajstić information content (AvgIpc) is 2.72. The van der Waals surface area contributed by atoms with Crippen LogP contribution in [0.4, 0.5) is 0 Å². The SMILES string of the molecule is CCCOc1cccc(CNC(=NC)NCc2ccc(C(=O)N(C)C)cc2)c1.I. The van der Waals surface area contributed by atoms with Gasteiger partial charge in [0.15, 0.2) is 5.96 Å². The van der Waals surface area contributed by atoms with Crippen LogP contribution in [0.3, 0.4) is 0 Å². The zero-order valence-corrected chi connectivity index (χ0v) is 19.9. The summed E-state index contributed by atoms with van der Waals surface area (Å²) in [5.41, 5.74) is 2.89. The average molecular weight is 510 g/mol. The van der Waals surface area contributed by atoms with E-state index in [1.54, 1.807) is 26.0 Å². The molecule has 2 N–H and O–H groups in total. The van der Waals surface area contributed by atoms with Gasteiger partial charge in [-0.05, 0) is 41.8 Å². The van der Waals surface area contributed by atoms with Crippen LogP contribution < -0.4 is 15.4 Å². The highest BCUT2D eigenvalue weighted by Gasteiger charge is 2.07. The Morgan fingerprint density at radius 2 is 1.69 bits per heavy atom. The van der Waals surface area contributed by atoms with Gasteiger partial charge in [-0.2, -0.15) is 0 Å². The van der Waals surface area contributed by atoms with Crippen molar-refractivity contribution in [2.75, 3.05) is 27.7 Å². The van der Waals surface area contributed by atoms with Gasteiger partial charge in [0.25, 0.3) is 5.91 Å². The monoisotopic (exact) mass is 510 g/mol. The molecule has 7 heteroatoms. The molecular formula is C22H31IN4O2. The first kappa shape index (κ1) is 24.7. The molecule has 0 aliphatic heterocycles. The summed E-state index contributed by atoms with van der Waals surface area (Å²) < 4.78 is 5.67. The van der Waals surface area contributed by atoms with E-state index in [-0.39, 0.29) is 29.9 Å². The van der Waals surface area contributed by atoms with Gasteiger partial charge in [-0.25, -0.2) is 0 Å². The Labute approximate surface area is 190 Å². The number of carbonyl (C=O) groups excluding carboxylic acids is 1. The number of rotatable bonds is 8. The fourth-order valence-electron chi connectivity index (χ4n) is 2.58. The molecular weight excluding hydrogens is 479 g/mol. The maximum absolute atomic E-state index is 11.9. The van der Waals surface area contributed by atoms with Gasteiger partial charge in [0.1, 0.15) is 5.75 Å². The van der Waals surface area contributed by atoms with Gasteiger partial charge in [0.05, 0.1) is 6.61 Å². The standard InChI is InChI=1S/C22H30N4O2.HI/c1-5-13-28-20-8-6-7-18(14-20)16-25-22(23-2)24-15-17-9-11-19(12-10-17)21(27)26(3)4;/h6-12,14H,5,13,15-16H2,1-4H3,(H2,23,24,25);1H. The van der Waals surface area contributed by atoms with Crippen LogP contribution in [0.1, 0.15) is 34.8 Å². The van der Waals surface area contributed by atoms with Gasteiger partial charge in [-0.3, -0.25) is 9.79 Å². The summed E-state index contributed by atoms with van der Waals surface area (Å²) in [7, 11) is 5.24. The minimum absolute atomic E-state index is 0. The molecule has 158 valence electrons. The molecule has 0 heterocycles. The van der Waals surface area contributed by atoms with Crippen LogP contribution in [0.2, 0.25) is 0 Å². The second-order valence-electron chi connectivity index (χ2n) is 6.67. The summed E-state index contributed by atoms with van der Waals surface area (Å²) in [6.45, 7) is 4.09. The number of benzene rings is 2. The first-order valence-corrected chi connectivity index (χ1v) is 9.50. The van der Waals surface area contributed by atoms with Gasteiger partial charge in [0, 0.05) is 39.8 Å². The number of hydrogen-bond donors (Lipinski definition) is 2. The Balaban J connectivity index is 0.00000420. The smallest absolute Gasteiger partial charge is 0.253 e. The van der Waals surface area contributed by atoms with E-state index in [0.29, 0.717) is 24.6 Å². The van der Waals surface area contributed by atoms with Gasteiger partial charge in [0.2, 0.25) is 0 Å². The van der Waals surface area contributed by atoms with Crippen molar-refractivity contribution in [3.05, 3.63) is 65.2 Å². The van der Waals surface area contributed by atoms with E-state index < -0.39 is 0 Å². The second-order valence-corrected chi connectivity index (χ2v) is 6.67. The van der Waals surface area contributed by atoms with Gasteiger partial charge < -0.3 is 20.3 Å². The third-order valence-corrected chi connectivity index (χ3v) is 4.12. The number of nitrogens with one attached hydrogen (secondary N) is 2. The number of halogens is 1. The molecule has 0 fully saturated rings. The van der Waals surface area contributed by atoms with E-state index >= 15 is 0 Å². The molecule has 1 amide bonds. The summed E-state index contributed by atoms with van der Waals surface area (Å²) in [6, 6.07) is 15.6. The number of ether oxygens (including phenoxy) is 1. The van der Waals surface area contributed by atoms with Crippen molar-refractivity contribution in [3.8, 4) is 5.75 Å². The number of hydrogen-bond acceptors (Lipinski definition) is 3. The second kappa shape index (κ2) is 13.0. The maximum Gasteiger partial charge on any atom is 0.253 e. The highest BCUT2D eigenvalue weighted by Crippen LogP contribution is 2.13. The summed E-state index contributed by atoms with van der Waals surface area (Å²) in [5.74, 6) is 1.60. The molecule has 0 spiro atoms. The van der Waals surface area contributed by atoms with Crippen molar-refractivity contribution in [1.82, 2.24) is 15.5 Å². The Morgan fingerprint density at radius 1 is 1.03 bits per heavy atom. The third-order valence-electron chi connectivity index (χ3n) is 4.12. The van der Waals surface area contributed by atoms with E-state index in [0.717, 1.165) is 29.9 Å². The highest BCUT2D eigenvalue weighted by atomic mass is 127. The lowest BCUT2D eigenvalue weighted by atomic mass is 10.1. The predicted molar refractivity (Wildman–Crippen MR) is 129 cm³/mol. The molecule has 2 aromatic rings. The van der Waals surface area contributed by atoms with E-state index in [4.69, 9.17) is 4.74 Å². The normalized spacial score (nSPS) is 10.7. The van der Waals surface area contributed by atoms with Crippen LogP contribution >= 0.6 is 24.0 Å². The van der Waals surface area contributed by atoms with Gasteiger partial charge in [-0.1, -0.05) is 31.2 Å². The number of amides is 1. The van der Waals surface area contributed by atoms with Crippen LogP contribution in [0.25, 0.3) is 0 Å². The Bertz CT molecular complexity index is 792. The van der Waals surface area contributed by atoms with Gasteiger partial charge >= 0.3 is 0 Å². The molecule has 0 atom stereocenters. The van der Waals surface area contributed by atoms with Crippen molar-refractivity contribution >= 4 is 35.8 Å². The Kier molecular flexibility index (Phi) is 11.1.